The Morgan fingerprint density at radius 2 is 2.11 bits per heavy atom. The van der Waals surface area contributed by atoms with Crippen molar-refractivity contribution >= 4 is 5.97 Å². The molecule has 0 radical (unpaired) electrons. The number of aryl methyl sites for hydroxylation is 2. The molecule has 19 heavy (non-hydrogen) atoms. The molecule has 0 saturated heterocycles. The van der Waals surface area contributed by atoms with Gasteiger partial charge in [-0.25, -0.2) is 14.5 Å². The van der Waals surface area contributed by atoms with Gasteiger partial charge >= 0.3 is 5.97 Å². The van der Waals surface area contributed by atoms with Gasteiger partial charge in [0.2, 0.25) is 0 Å². The number of carboxylic acids is 1. The second kappa shape index (κ2) is 4.83. The minimum atomic E-state index is -1.04. The van der Waals surface area contributed by atoms with Crippen LogP contribution in [0.2, 0.25) is 0 Å². The predicted octanol–water partition coefficient (Wildman–Crippen LogP) is 1.17. The van der Waals surface area contributed by atoms with Crippen LogP contribution in [0.25, 0.3) is 0 Å². The molecule has 2 aromatic heterocycles. The first kappa shape index (κ1) is 13.3. The van der Waals surface area contributed by atoms with E-state index in [0.29, 0.717) is 18.8 Å². The lowest BCUT2D eigenvalue weighted by Gasteiger charge is -2.20. The van der Waals surface area contributed by atoms with Crippen LogP contribution >= 0.6 is 0 Å². The van der Waals surface area contributed by atoms with Gasteiger partial charge in [-0.3, -0.25) is 0 Å². The van der Waals surface area contributed by atoms with Gasteiger partial charge < -0.3 is 9.67 Å². The van der Waals surface area contributed by atoms with E-state index < -0.39 is 5.97 Å². The number of hydrogen-bond donors (Lipinski definition) is 1. The Balaban J connectivity index is 2.27. The van der Waals surface area contributed by atoms with Gasteiger partial charge in [0.25, 0.3) is 0 Å². The van der Waals surface area contributed by atoms with Gasteiger partial charge in [-0.2, -0.15) is 0 Å². The first-order chi connectivity index (χ1) is 8.89. The first-order valence-corrected chi connectivity index (χ1v) is 6.02. The van der Waals surface area contributed by atoms with E-state index in [-0.39, 0.29) is 11.1 Å². The second-order valence-electron chi connectivity index (χ2n) is 5.37. The molecule has 0 atom stereocenters. The second-order valence-corrected chi connectivity index (χ2v) is 5.37. The summed E-state index contributed by atoms with van der Waals surface area (Å²) in [6, 6.07) is 0. The number of hydrogen-bond acceptors (Lipinski definition) is 4. The Bertz CT molecular complexity index is 565. The van der Waals surface area contributed by atoms with Crippen LogP contribution in [0.3, 0.4) is 0 Å². The van der Waals surface area contributed by atoms with E-state index in [9.17, 15) is 4.79 Å². The summed E-state index contributed by atoms with van der Waals surface area (Å²) >= 11 is 0. The molecule has 2 heterocycles. The fourth-order valence-electron chi connectivity index (χ4n) is 1.99. The average molecular weight is 263 g/mol. The van der Waals surface area contributed by atoms with Crippen LogP contribution in [0, 0.1) is 0 Å². The molecule has 1 N–H and O–H groups in total. The van der Waals surface area contributed by atoms with Crippen LogP contribution in [0.15, 0.2) is 18.7 Å². The standard InChI is InChI=1S/C12H17N5O2/c1-12(2,3)10-9(11(18)19)14-15-17(10)7-6-16-5-4-13-8-16/h4-5,8H,6-7H2,1-3H3,(H,18,19). The molecule has 0 amide bonds. The Labute approximate surface area is 110 Å². The molecule has 0 unspecified atom stereocenters. The fraction of sp³-hybridized carbons (Fsp3) is 0.500. The number of aromatic nitrogens is 5. The average Bonchev–Trinajstić information content (AvgIpc) is 2.94. The van der Waals surface area contributed by atoms with Gasteiger partial charge in [-0.1, -0.05) is 26.0 Å². The van der Waals surface area contributed by atoms with Crippen LogP contribution in [0.5, 0.6) is 0 Å². The SMILES string of the molecule is CC(C)(C)c1c(C(=O)O)nnn1CCn1ccnc1. The van der Waals surface area contributed by atoms with Crippen LogP contribution in [0.4, 0.5) is 0 Å². The minimum absolute atomic E-state index is 0.0260. The first-order valence-electron chi connectivity index (χ1n) is 6.02. The van der Waals surface area contributed by atoms with Gasteiger partial charge in [0.15, 0.2) is 5.69 Å². The largest absolute Gasteiger partial charge is 0.476 e. The summed E-state index contributed by atoms with van der Waals surface area (Å²) in [6.45, 7) is 7.08. The lowest BCUT2D eigenvalue weighted by molar-refractivity contribution is 0.0687. The van der Waals surface area contributed by atoms with E-state index in [1.807, 2.05) is 31.5 Å². The molecule has 0 aliphatic rings. The van der Waals surface area contributed by atoms with Crippen molar-refractivity contribution in [1.29, 1.82) is 0 Å². The summed E-state index contributed by atoms with van der Waals surface area (Å²) in [5.41, 5.74) is 0.338. The number of carboxylic acid groups (broad SMARTS) is 1. The number of carbonyl (C=O) groups is 1. The molecule has 0 bridgehead atoms. The van der Waals surface area contributed by atoms with Crippen molar-refractivity contribution in [1.82, 2.24) is 24.5 Å². The molecule has 0 aromatic carbocycles. The molecular formula is C12H17N5O2. The Kier molecular flexibility index (Phi) is 3.37. The van der Waals surface area contributed by atoms with Crippen molar-refractivity contribution in [3.63, 3.8) is 0 Å². The van der Waals surface area contributed by atoms with Crippen LogP contribution < -0.4 is 0 Å². The third-order valence-electron chi connectivity index (χ3n) is 2.78. The van der Waals surface area contributed by atoms with E-state index in [1.54, 1.807) is 17.2 Å². The molecule has 0 spiro atoms. The Morgan fingerprint density at radius 3 is 2.63 bits per heavy atom. The Hall–Kier alpha value is -2.18. The fourth-order valence-corrected chi connectivity index (χ4v) is 1.99. The summed E-state index contributed by atoms with van der Waals surface area (Å²) in [7, 11) is 0. The van der Waals surface area contributed by atoms with E-state index >= 15 is 0 Å². The lowest BCUT2D eigenvalue weighted by atomic mass is 9.90. The molecule has 2 rings (SSSR count). The number of imidazole rings is 1. The molecule has 0 saturated carbocycles. The Morgan fingerprint density at radius 1 is 1.37 bits per heavy atom. The molecule has 7 heteroatoms. The molecule has 0 aliphatic heterocycles. The van der Waals surface area contributed by atoms with Crippen LogP contribution in [-0.2, 0) is 18.5 Å². The highest BCUT2D eigenvalue weighted by atomic mass is 16.4. The van der Waals surface area contributed by atoms with Gasteiger partial charge in [0, 0.05) is 24.4 Å². The number of rotatable bonds is 4. The van der Waals surface area contributed by atoms with Crippen molar-refractivity contribution in [3.8, 4) is 0 Å². The number of nitrogens with zero attached hydrogens (tertiary/aromatic N) is 5. The van der Waals surface area contributed by atoms with E-state index in [4.69, 9.17) is 5.11 Å². The maximum Gasteiger partial charge on any atom is 0.358 e. The van der Waals surface area contributed by atoms with Crippen molar-refractivity contribution in [2.45, 2.75) is 39.3 Å². The minimum Gasteiger partial charge on any atom is -0.476 e. The molecule has 7 nitrogen and oxygen atoms in total. The van der Waals surface area contributed by atoms with Crippen molar-refractivity contribution in [3.05, 3.63) is 30.1 Å². The van der Waals surface area contributed by atoms with Crippen LogP contribution in [0.1, 0.15) is 37.0 Å². The summed E-state index contributed by atoms with van der Waals surface area (Å²) in [4.78, 5) is 15.1. The van der Waals surface area contributed by atoms with Crippen molar-refractivity contribution in [2.75, 3.05) is 0 Å². The summed E-state index contributed by atoms with van der Waals surface area (Å²) < 4.78 is 3.57. The summed E-state index contributed by atoms with van der Waals surface area (Å²) in [5, 5.41) is 16.9. The highest BCUT2D eigenvalue weighted by Crippen LogP contribution is 2.24. The third kappa shape index (κ3) is 2.81. The smallest absolute Gasteiger partial charge is 0.358 e. The van der Waals surface area contributed by atoms with Gasteiger partial charge in [0.05, 0.1) is 18.6 Å². The lowest BCUT2D eigenvalue weighted by Crippen LogP contribution is -2.23. The topological polar surface area (TPSA) is 85.8 Å². The van der Waals surface area contributed by atoms with Gasteiger partial charge in [-0.15, -0.1) is 5.10 Å². The van der Waals surface area contributed by atoms with Crippen LogP contribution in [-0.4, -0.2) is 35.6 Å². The summed E-state index contributed by atoms with van der Waals surface area (Å²) in [6.07, 6.45) is 5.27. The molecule has 0 aliphatic carbocycles. The number of aromatic carboxylic acids is 1. The summed E-state index contributed by atoms with van der Waals surface area (Å²) in [5.74, 6) is -1.04. The zero-order chi connectivity index (χ0) is 14.0. The van der Waals surface area contributed by atoms with E-state index in [2.05, 4.69) is 15.3 Å². The maximum atomic E-state index is 11.2. The molecular weight excluding hydrogens is 246 g/mol. The highest BCUT2D eigenvalue weighted by molar-refractivity contribution is 5.86. The molecule has 0 fully saturated rings. The highest BCUT2D eigenvalue weighted by Gasteiger charge is 2.28. The van der Waals surface area contributed by atoms with Crippen molar-refractivity contribution in [2.24, 2.45) is 0 Å². The van der Waals surface area contributed by atoms with Crippen molar-refractivity contribution < 1.29 is 9.90 Å². The molecule has 102 valence electrons. The van der Waals surface area contributed by atoms with E-state index in [0.717, 1.165) is 0 Å². The van der Waals surface area contributed by atoms with Gasteiger partial charge in [0.1, 0.15) is 0 Å². The quantitative estimate of drug-likeness (QED) is 0.894. The zero-order valence-electron chi connectivity index (χ0n) is 11.2. The molecule has 2 aromatic rings. The predicted molar refractivity (Wildman–Crippen MR) is 67.9 cm³/mol. The third-order valence-corrected chi connectivity index (χ3v) is 2.78. The monoisotopic (exact) mass is 263 g/mol. The normalized spacial score (nSPS) is 11.7. The maximum absolute atomic E-state index is 11.2. The van der Waals surface area contributed by atoms with E-state index in [1.165, 1.54) is 0 Å². The zero-order valence-corrected chi connectivity index (χ0v) is 11.2. The van der Waals surface area contributed by atoms with Gasteiger partial charge in [-0.05, 0) is 0 Å².